The molecule has 1 N–H and O–H groups in total. The summed E-state index contributed by atoms with van der Waals surface area (Å²) in [6.07, 6.45) is 3.08. The highest BCUT2D eigenvalue weighted by Crippen LogP contribution is 2.07. The van der Waals surface area contributed by atoms with Gasteiger partial charge < -0.3 is 9.72 Å². The standard InChI is InChI=1S/C15H16N2O3S/c1-21-15-16-12(10-13(18)17-15)8-5-9-20-14(19)11-6-3-2-4-7-11/h2-4,6-7,10H,5,8-9H2,1H3,(H,16,17,18). The van der Waals surface area contributed by atoms with Crippen molar-refractivity contribution in [2.75, 3.05) is 12.9 Å². The van der Waals surface area contributed by atoms with Gasteiger partial charge in [-0.3, -0.25) is 4.79 Å². The second-order valence-electron chi connectivity index (χ2n) is 4.35. The lowest BCUT2D eigenvalue weighted by molar-refractivity contribution is 0.0500. The molecule has 5 nitrogen and oxygen atoms in total. The molecule has 0 amide bonds. The molecule has 2 rings (SSSR count). The van der Waals surface area contributed by atoms with Gasteiger partial charge in [0, 0.05) is 11.8 Å². The summed E-state index contributed by atoms with van der Waals surface area (Å²) in [6, 6.07) is 10.3. The van der Waals surface area contributed by atoms with Crippen molar-refractivity contribution >= 4 is 17.7 Å². The average molecular weight is 304 g/mol. The molecule has 0 radical (unpaired) electrons. The number of rotatable bonds is 6. The van der Waals surface area contributed by atoms with Gasteiger partial charge in [-0.2, -0.15) is 0 Å². The van der Waals surface area contributed by atoms with Gasteiger partial charge in [0.25, 0.3) is 5.56 Å². The summed E-state index contributed by atoms with van der Waals surface area (Å²) in [7, 11) is 0. The van der Waals surface area contributed by atoms with E-state index in [2.05, 4.69) is 9.97 Å². The number of carbonyl (C=O) groups is 1. The highest BCUT2D eigenvalue weighted by molar-refractivity contribution is 7.98. The second-order valence-corrected chi connectivity index (χ2v) is 5.15. The molecular weight excluding hydrogens is 288 g/mol. The van der Waals surface area contributed by atoms with Gasteiger partial charge in [0.2, 0.25) is 0 Å². The van der Waals surface area contributed by atoms with Gasteiger partial charge in [0.15, 0.2) is 5.16 Å². The molecule has 110 valence electrons. The number of nitrogens with zero attached hydrogens (tertiary/aromatic N) is 1. The fraction of sp³-hybridized carbons (Fsp3) is 0.267. The maximum atomic E-state index is 11.7. The van der Waals surface area contributed by atoms with Crippen LogP contribution < -0.4 is 5.56 Å². The quantitative estimate of drug-likeness (QED) is 0.384. The highest BCUT2D eigenvalue weighted by Gasteiger charge is 2.06. The fourth-order valence-electron chi connectivity index (χ4n) is 1.78. The van der Waals surface area contributed by atoms with Crippen molar-refractivity contribution in [3.63, 3.8) is 0 Å². The number of thioether (sulfide) groups is 1. The van der Waals surface area contributed by atoms with Gasteiger partial charge in [-0.15, -0.1) is 0 Å². The topological polar surface area (TPSA) is 72.0 Å². The molecule has 0 aliphatic heterocycles. The summed E-state index contributed by atoms with van der Waals surface area (Å²) in [5, 5.41) is 0.596. The molecule has 0 atom stereocenters. The van der Waals surface area contributed by atoms with Gasteiger partial charge in [-0.05, 0) is 31.2 Å². The van der Waals surface area contributed by atoms with Gasteiger partial charge in [0.05, 0.1) is 12.2 Å². The molecule has 0 aliphatic carbocycles. The Morgan fingerprint density at radius 2 is 2.10 bits per heavy atom. The lowest BCUT2D eigenvalue weighted by Gasteiger charge is -2.05. The summed E-state index contributed by atoms with van der Waals surface area (Å²) in [4.78, 5) is 30.0. The Labute approximate surface area is 126 Å². The van der Waals surface area contributed by atoms with Crippen LogP contribution >= 0.6 is 11.8 Å². The van der Waals surface area contributed by atoms with Crippen molar-refractivity contribution < 1.29 is 9.53 Å². The third-order valence-corrected chi connectivity index (χ3v) is 3.37. The number of esters is 1. The number of hydrogen-bond acceptors (Lipinski definition) is 5. The van der Waals surface area contributed by atoms with Crippen LogP contribution in [0.15, 0.2) is 46.3 Å². The molecule has 0 saturated heterocycles. The van der Waals surface area contributed by atoms with Crippen LogP contribution in [0.25, 0.3) is 0 Å². The third kappa shape index (κ3) is 4.75. The van der Waals surface area contributed by atoms with Gasteiger partial charge in [-0.25, -0.2) is 9.78 Å². The Kier molecular flexibility index (Phi) is 5.57. The Morgan fingerprint density at radius 1 is 1.33 bits per heavy atom. The van der Waals surface area contributed by atoms with Gasteiger partial charge >= 0.3 is 5.97 Å². The number of carbonyl (C=O) groups excluding carboxylic acids is 1. The van der Waals surface area contributed by atoms with Crippen molar-refractivity contribution in [3.05, 3.63) is 58.0 Å². The number of nitrogens with one attached hydrogen (secondary N) is 1. The average Bonchev–Trinajstić information content (AvgIpc) is 2.51. The van der Waals surface area contributed by atoms with E-state index < -0.39 is 0 Å². The van der Waals surface area contributed by atoms with Crippen LogP contribution in [0, 0.1) is 0 Å². The summed E-state index contributed by atoms with van der Waals surface area (Å²) < 4.78 is 5.18. The first-order valence-corrected chi connectivity index (χ1v) is 7.78. The van der Waals surface area contributed by atoms with E-state index in [1.807, 2.05) is 12.3 Å². The Morgan fingerprint density at radius 3 is 2.81 bits per heavy atom. The summed E-state index contributed by atoms with van der Waals surface area (Å²) >= 11 is 1.39. The summed E-state index contributed by atoms with van der Waals surface area (Å²) in [6.45, 7) is 0.302. The minimum absolute atomic E-state index is 0.161. The maximum Gasteiger partial charge on any atom is 0.338 e. The van der Waals surface area contributed by atoms with Crippen LogP contribution in [-0.4, -0.2) is 28.8 Å². The van der Waals surface area contributed by atoms with E-state index in [-0.39, 0.29) is 11.5 Å². The van der Waals surface area contributed by atoms with E-state index in [9.17, 15) is 9.59 Å². The highest BCUT2D eigenvalue weighted by atomic mass is 32.2. The van der Waals surface area contributed by atoms with Crippen molar-refractivity contribution in [1.82, 2.24) is 9.97 Å². The third-order valence-electron chi connectivity index (χ3n) is 2.79. The molecule has 0 bridgehead atoms. The van der Waals surface area contributed by atoms with Crippen molar-refractivity contribution in [2.24, 2.45) is 0 Å². The smallest absolute Gasteiger partial charge is 0.338 e. The number of hydrogen-bond donors (Lipinski definition) is 1. The molecule has 0 fully saturated rings. The molecule has 1 aromatic heterocycles. The van der Waals surface area contributed by atoms with E-state index in [0.29, 0.717) is 35.9 Å². The van der Waals surface area contributed by atoms with E-state index in [4.69, 9.17) is 4.74 Å². The monoisotopic (exact) mass is 304 g/mol. The predicted molar refractivity (Wildman–Crippen MR) is 81.7 cm³/mol. The van der Waals surface area contributed by atoms with Crippen LogP contribution in [0.4, 0.5) is 0 Å². The fourth-order valence-corrected chi connectivity index (χ4v) is 2.20. The van der Waals surface area contributed by atoms with E-state index in [1.54, 1.807) is 24.3 Å². The molecule has 0 saturated carbocycles. The summed E-state index contributed by atoms with van der Waals surface area (Å²) in [5.41, 5.74) is 1.08. The molecule has 0 aliphatic rings. The first-order chi connectivity index (χ1) is 10.2. The molecule has 0 spiro atoms. The maximum absolute atomic E-state index is 11.7. The van der Waals surface area contributed by atoms with Gasteiger partial charge in [0.1, 0.15) is 0 Å². The minimum atomic E-state index is -0.334. The number of ether oxygens (including phenoxy) is 1. The zero-order valence-electron chi connectivity index (χ0n) is 11.7. The van der Waals surface area contributed by atoms with Crippen LogP contribution in [0.2, 0.25) is 0 Å². The van der Waals surface area contributed by atoms with Crippen LogP contribution in [0.5, 0.6) is 0 Å². The van der Waals surface area contributed by atoms with Gasteiger partial charge in [-0.1, -0.05) is 30.0 Å². The number of benzene rings is 1. The largest absolute Gasteiger partial charge is 0.462 e. The lowest BCUT2D eigenvalue weighted by Crippen LogP contribution is -2.11. The summed E-state index contributed by atoms with van der Waals surface area (Å²) in [5.74, 6) is -0.334. The Bertz CT molecular complexity index is 655. The van der Waals surface area contributed by atoms with Crippen LogP contribution in [-0.2, 0) is 11.2 Å². The second kappa shape index (κ2) is 7.64. The molecular formula is C15H16N2O3S. The molecule has 1 heterocycles. The van der Waals surface area contributed by atoms with Crippen molar-refractivity contribution in [3.8, 4) is 0 Å². The molecule has 2 aromatic rings. The Balaban J connectivity index is 1.81. The van der Waals surface area contributed by atoms with Crippen LogP contribution in [0.1, 0.15) is 22.5 Å². The molecule has 1 aromatic carbocycles. The van der Waals surface area contributed by atoms with E-state index >= 15 is 0 Å². The molecule has 0 unspecified atom stereocenters. The number of H-pyrrole nitrogens is 1. The van der Waals surface area contributed by atoms with E-state index in [0.717, 1.165) is 0 Å². The van der Waals surface area contributed by atoms with E-state index in [1.165, 1.54) is 17.8 Å². The zero-order chi connectivity index (χ0) is 15.1. The number of aromatic amines is 1. The Hall–Kier alpha value is -2.08. The predicted octanol–water partition coefficient (Wildman–Crippen LogP) is 2.28. The van der Waals surface area contributed by atoms with Crippen molar-refractivity contribution in [1.29, 1.82) is 0 Å². The number of aromatic nitrogens is 2. The SMILES string of the molecule is CSc1nc(CCCOC(=O)c2ccccc2)cc(=O)[nH]1. The zero-order valence-corrected chi connectivity index (χ0v) is 12.5. The lowest BCUT2D eigenvalue weighted by atomic mass is 10.2. The minimum Gasteiger partial charge on any atom is -0.462 e. The molecule has 21 heavy (non-hydrogen) atoms. The first-order valence-electron chi connectivity index (χ1n) is 6.55. The van der Waals surface area contributed by atoms with Crippen molar-refractivity contribution in [2.45, 2.75) is 18.0 Å². The normalized spacial score (nSPS) is 10.3. The molecule has 6 heteroatoms. The number of aryl methyl sites for hydroxylation is 1. The van der Waals surface area contributed by atoms with Crippen LogP contribution in [0.3, 0.4) is 0 Å². The first kappa shape index (κ1) is 15.3.